The molecule has 0 bridgehead atoms. The molecule has 144 valence electrons. The van der Waals surface area contributed by atoms with Crippen molar-refractivity contribution in [3.8, 4) is 0 Å². The molecule has 2 aromatic rings. The van der Waals surface area contributed by atoms with Gasteiger partial charge in [-0.05, 0) is 38.0 Å². The van der Waals surface area contributed by atoms with Gasteiger partial charge in [0.15, 0.2) is 0 Å². The monoisotopic (exact) mass is 370 g/mol. The van der Waals surface area contributed by atoms with Gasteiger partial charge in [-0.3, -0.25) is 4.79 Å². The third-order valence-electron chi connectivity index (χ3n) is 5.02. The molecule has 1 amide bonds. The van der Waals surface area contributed by atoms with Crippen LogP contribution >= 0.6 is 0 Å². The summed E-state index contributed by atoms with van der Waals surface area (Å²) in [7, 11) is 0. The Morgan fingerprint density at radius 3 is 2.70 bits per heavy atom. The highest BCUT2D eigenvalue weighted by atomic mass is 19.1. The zero-order chi connectivity index (χ0) is 19.4. The lowest BCUT2D eigenvalue weighted by molar-refractivity contribution is -0.130. The van der Waals surface area contributed by atoms with E-state index in [1.54, 1.807) is 12.1 Å². The Labute approximate surface area is 160 Å². The summed E-state index contributed by atoms with van der Waals surface area (Å²) in [5, 5.41) is 0. The van der Waals surface area contributed by atoms with E-state index in [1.165, 1.54) is 6.07 Å². The fourth-order valence-electron chi connectivity index (χ4n) is 3.64. The van der Waals surface area contributed by atoms with Gasteiger partial charge in [-0.1, -0.05) is 19.1 Å². The van der Waals surface area contributed by atoms with Crippen LogP contribution in [0.2, 0.25) is 0 Å². The second-order valence-corrected chi connectivity index (χ2v) is 7.04. The van der Waals surface area contributed by atoms with E-state index >= 15 is 0 Å². The predicted octanol–water partition coefficient (Wildman–Crippen LogP) is 3.27. The van der Waals surface area contributed by atoms with E-state index in [0.29, 0.717) is 19.4 Å². The molecule has 0 saturated carbocycles. The molecule has 1 aromatic carbocycles. The number of benzene rings is 1. The molecule has 3 rings (SSSR count). The quantitative estimate of drug-likeness (QED) is 0.829. The molecule has 1 aliphatic heterocycles. The molecular weight excluding hydrogens is 343 g/mol. The molecule has 1 aliphatic rings. The van der Waals surface area contributed by atoms with Crippen LogP contribution in [0, 0.1) is 19.7 Å². The molecule has 5 nitrogen and oxygen atoms in total. The molecule has 2 heterocycles. The first kappa shape index (κ1) is 19.3. The molecule has 0 N–H and O–H groups in total. The van der Waals surface area contributed by atoms with Crippen molar-refractivity contribution < 1.29 is 9.18 Å². The van der Waals surface area contributed by atoms with Crippen molar-refractivity contribution >= 4 is 11.7 Å². The predicted molar refractivity (Wildman–Crippen MR) is 104 cm³/mol. The highest BCUT2D eigenvalue weighted by molar-refractivity contribution is 5.75. The van der Waals surface area contributed by atoms with Crippen LogP contribution in [0.5, 0.6) is 0 Å². The van der Waals surface area contributed by atoms with Crippen molar-refractivity contribution in [3.05, 3.63) is 52.7 Å². The lowest BCUT2D eigenvalue weighted by Crippen LogP contribution is -2.35. The van der Waals surface area contributed by atoms with Gasteiger partial charge < -0.3 is 9.80 Å². The Bertz CT molecular complexity index is 824. The van der Waals surface area contributed by atoms with E-state index in [9.17, 15) is 9.18 Å². The summed E-state index contributed by atoms with van der Waals surface area (Å²) in [5.74, 6) is 1.61. The zero-order valence-corrected chi connectivity index (χ0v) is 16.3. The van der Waals surface area contributed by atoms with Gasteiger partial charge >= 0.3 is 0 Å². The van der Waals surface area contributed by atoms with Gasteiger partial charge in [0.2, 0.25) is 5.91 Å². The maximum absolute atomic E-state index is 13.6. The highest BCUT2D eigenvalue weighted by Crippen LogP contribution is 2.25. The molecule has 0 spiro atoms. The smallest absolute Gasteiger partial charge is 0.222 e. The fourth-order valence-corrected chi connectivity index (χ4v) is 3.64. The SMILES string of the molecule is CCC(=O)N1CCCN(c2nc(C)nc(C)c2Cc2cccc(F)c2)CC1. The third kappa shape index (κ3) is 4.62. The summed E-state index contributed by atoms with van der Waals surface area (Å²) < 4.78 is 13.6. The van der Waals surface area contributed by atoms with Crippen molar-refractivity contribution in [2.75, 3.05) is 31.1 Å². The maximum atomic E-state index is 13.6. The molecule has 6 heteroatoms. The average molecular weight is 370 g/mol. The number of carbonyl (C=O) groups is 1. The highest BCUT2D eigenvalue weighted by Gasteiger charge is 2.22. The minimum atomic E-state index is -0.233. The minimum absolute atomic E-state index is 0.201. The lowest BCUT2D eigenvalue weighted by Gasteiger charge is -2.26. The molecule has 27 heavy (non-hydrogen) atoms. The molecule has 0 unspecified atom stereocenters. The number of hydrogen-bond acceptors (Lipinski definition) is 4. The number of amides is 1. The first-order valence-electron chi connectivity index (χ1n) is 9.59. The van der Waals surface area contributed by atoms with Crippen LogP contribution in [0.4, 0.5) is 10.2 Å². The molecule has 1 saturated heterocycles. The van der Waals surface area contributed by atoms with Crippen LogP contribution < -0.4 is 4.90 Å². The second kappa shape index (κ2) is 8.46. The largest absolute Gasteiger partial charge is 0.354 e. The summed E-state index contributed by atoms with van der Waals surface area (Å²) >= 11 is 0. The van der Waals surface area contributed by atoms with Gasteiger partial charge in [-0.25, -0.2) is 14.4 Å². The van der Waals surface area contributed by atoms with Crippen molar-refractivity contribution in [2.45, 2.75) is 40.0 Å². The van der Waals surface area contributed by atoms with Gasteiger partial charge in [-0.2, -0.15) is 0 Å². The molecular formula is C21H27FN4O. The van der Waals surface area contributed by atoms with Gasteiger partial charge in [0.25, 0.3) is 0 Å². The van der Waals surface area contributed by atoms with Crippen molar-refractivity contribution in [2.24, 2.45) is 0 Å². The van der Waals surface area contributed by atoms with E-state index in [0.717, 1.165) is 54.5 Å². The number of halogens is 1. The van der Waals surface area contributed by atoms with Gasteiger partial charge in [0.1, 0.15) is 17.5 Å². The van der Waals surface area contributed by atoms with E-state index in [1.807, 2.05) is 31.7 Å². The standard InChI is InChI=1S/C21H27FN4O/c1-4-20(27)25-9-6-10-26(12-11-25)21-19(15(2)23-16(3)24-21)14-17-7-5-8-18(22)13-17/h5,7-8,13H,4,6,9-12,14H2,1-3H3. The second-order valence-electron chi connectivity index (χ2n) is 7.04. The number of aromatic nitrogens is 2. The van der Waals surface area contributed by atoms with Gasteiger partial charge in [-0.15, -0.1) is 0 Å². The van der Waals surface area contributed by atoms with Crippen LogP contribution in [-0.4, -0.2) is 47.0 Å². The van der Waals surface area contributed by atoms with Gasteiger partial charge in [0.05, 0.1) is 0 Å². The van der Waals surface area contributed by atoms with Crippen LogP contribution in [-0.2, 0) is 11.2 Å². The molecule has 1 aromatic heterocycles. The topological polar surface area (TPSA) is 49.3 Å². The summed E-state index contributed by atoms with van der Waals surface area (Å²) in [6.07, 6.45) is 2.04. The number of nitrogens with zero attached hydrogens (tertiary/aromatic N) is 4. The van der Waals surface area contributed by atoms with Crippen molar-refractivity contribution in [3.63, 3.8) is 0 Å². The van der Waals surface area contributed by atoms with E-state index in [-0.39, 0.29) is 11.7 Å². The zero-order valence-electron chi connectivity index (χ0n) is 16.3. The van der Waals surface area contributed by atoms with Crippen LogP contribution in [0.1, 0.15) is 42.4 Å². The number of aryl methyl sites for hydroxylation is 2. The summed E-state index contributed by atoms with van der Waals surface area (Å²) in [4.78, 5) is 25.5. The Kier molecular flexibility index (Phi) is 6.04. The Hall–Kier alpha value is -2.50. The molecule has 0 atom stereocenters. The first-order chi connectivity index (χ1) is 13.0. The lowest BCUT2D eigenvalue weighted by atomic mass is 10.0. The number of anilines is 1. The average Bonchev–Trinajstić information content (AvgIpc) is 2.89. The number of rotatable bonds is 4. The van der Waals surface area contributed by atoms with Crippen molar-refractivity contribution in [1.29, 1.82) is 0 Å². The minimum Gasteiger partial charge on any atom is -0.354 e. The van der Waals surface area contributed by atoms with Crippen molar-refractivity contribution in [1.82, 2.24) is 14.9 Å². The van der Waals surface area contributed by atoms with Crippen LogP contribution in [0.15, 0.2) is 24.3 Å². The molecule has 1 fully saturated rings. The van der Waals surface area contributed by atoms with Crippen LogP contribution in [0.3, 0.4) is 0 Å². The molecule has 0 radical (unpaired) electrons. The summed E-state index contributed by atoms with van der Waals surface area (Å²) in [5.41, 5.74) is 2.86. The Balaban J connectivity index is 1.89. The van der Waals surface area contributed by atoms with E-state index in [4.69, 9.17) is 4.98 Å². The molecule has 0 aliphatic carbocycles. The Morgan fingerprint density at radius 1 is 1.15 bits per heavy atom. The van der Waals surface area contributed by atoms with Gasteiger partial charge in [0, 0.05) is 50.3 Å². The van der Waals surface area contributed by atoms with Crippen LogP contribution in [0.25, 0.3) is 0 Å². The third-order valence-corrected chi connectivity index (χ3v) is 5.02. The maximum Gasteiger partial charge on any atom is 0.222 e. The summed E-state index contributed by atoms with van der Waals surface area (Å²) in [6, 6.07) is 6.68. The Morgan fingerprint density at radius 2 is 1.96 bits per heavy atom. The summed E-state index contributed by atoms with van der Waals surface area (Å²) in [6.45, 7) is 8.86. The van der Waals surface area contributed by atoms with E-state index in [2.05, 4.69) is 9.88 Å². The fraction of sp³-hybridized carbons (Fsp3) is 0.476. The van der Waals surface area contributed by atoms with E-state index < -0.39 is 0 Å². The first-order valence-corrected chi connectivity index (χ1v) is 9.59. The number of hydrogen-bond donors (Lipinski definition) is 0. The number of carbonyl (C=O) groups excluding carboxylic acids is 1. The normalized spacial score (nSPS) is 15.0.